The third-order valence-electron chi connectivity index (χ3n) is 4.31. The fourth-order valence-corrected chi connectivity index (χ4v) is 3.48. The van der Waals surface area contributed by atoms with E-state index in [9.17, 15) is 18.0 Å². The smallest absolute Gasteiger partial charge is 0.399 e. The molecule has 0 aliphatic rings. The molecule has 0 heterocycles. The molecular weight excluding hydrogens is 457 g/mol. The minimum absolute atomic E-state index is 0.0825. The van der Waals surface area contributed by atoms with Gasteiger partial charge < -0.3 is 4.74 Å². The Bertz CT molecular complexity index is 884. The Kier molecular flexibility index (Phi) is 7.34. The van der Waals surface area contributed by atoms with E-state index in [1.165, 1.54) is 24.3 Å². The van der Waals surface area contributed by atoms with E-state index in [1.54, 1.807) is 32.9 Å². The van der Waals surface area contributed by atoms with Crippen LogP contribution in [-0.2, 0) is 4.74 Å². The number of carbonyl (C=O) groups excluding carboxylic acids is 1. The highest BCUT2D eigenvalue weighted by Crippen LogP contribution is 2.38. The van der Waals surface area contributed by atoms with E-state index in [-0.39, 0.29) is 12.2 Å². The summed E-state index contributed by atoms with van der Waals surface area (Å²) in [4.78, 5) is 11.8. The summed E-state index contributed by atoms with van der Waals surface area (Å²) in [5, 5.41) is 0.305. The molecule has 0 bridgehead atoms. The zero-order valence-corrected chi connectivity index (χ0v) is 17.9. The van der Waals surface area contributed by atoms with Gasteiger partial charge >= 0.3 is 12.1 Å². The Morgan fingerprint density at radius 2 is 1.93 bits per heavy atom. The highest BCUT2D eigenvalue weighted by Gasteiger charge is 2.39. The first-order valence-electron chi connectivity index (χ1n) is 8.52. The molecule has 0 N–H and O–H groups in total. The van der Waals surface area contributed by atoms with Crippen LogP contribution < -0.4 is 0 Å². The van der Waals surface area contributed by atoms with Crippen LogP contribution in [0.15, 0.2) is 40.9 Å². The molecule has 0 radical (unpaired) electrons. The Hall–Kier alpha value is -1.79. The second-order valence-corrected chi connectivity index (χ2v) is 7.54. The molecular formula is C21H19BrClF3O2. The van der Waals surface area contributed by atoms with E-state index in [4.69, 9.17) is 16.3 Å². The topological polar surface area (TPSA) is 26.3 Å². The summed E-state index contributed by atoms with van der Waals surface area (Å²) in [6.45, 7) is 5.42. The monoisotopic (exact) mass is 474 g/mol. The summed E-state index contributed by atoms with van der Waals surface area (Å²) in [6, 6.07) is 7.50. The van der Waals surface area contributed by atoms with Crippen molar-refractivity contribution in [1.82, 2.24) is 0 Å². The summed E-state index contributed by atoms with van der Waals surface area (Å²) in [5.41, 5.74) is 2.37. The summed E-state index contributed by atoms with van der Waals surface area (Å²) in [7, 11) is 0. The number of allylic oxidation sites excluding steroid dienone is 1. The standard InChI is InChI=1S/C21H19BrClF3O2/c1-4-28-20(27)16-7-5-14(10-18(16)22)6-8-17(21(24,25)26)15-9-12(2)13(3)19(23)11-15/h5-11,17H,4H2,1-3H3/b8-6+. The molecule has 0 amide bonds. The lowest BCUT2D eigenvalue weighted by Gasteiger charge is -2.19. The average Bonchev–Trinajstić information content (AvgIpc) is 2.58. The zero-order valence-electron chi connectivity index (χ0n) is 15.5. The molecule has 0 fully saturated rings. The van der Waals surface area contributed by atoms with Gasteiger partial charge in [-0.05, 0) is 77.2 Å². The Morgan fingerprint density at radius 1 is 1.25 bits per heavy atom. The maximum atomic E-state index is 13.6. The van der Waals surface area contributed by atoms with Crippen LogP contribution >= 0.6 is 27.5 Å². The number of esters is 1. The van der Waals surface area contributed by atoms with Gasteiger partial charge in [-0.3, -0.25) is 0 Å². The molecule has 2 aromatic carbocycles. The van der Waals surface area contributed by atoms with E-state index >= 15 is 0 Å². The maximum absolute atomic E-state index is 13.6. The number of benzene rings is 2. The molecule has 2 nitrogen and oxygen atoms in total. The van der Waals surface area contributed by atoms with E-state index in [1.807, 2.05) is 0 Å². The number of carbonyl (C=O) groups is 1. The Labute approximate surface area is 175 Å². The molecule has 150 valence electrons. The molecule has 0 aromatic heterocycles. The molecule has 0 aliphatic heterocycles. The lowest BCUT2D eigenvalue weighted by atomic mass is 9.94. The number of aryl methyl sites for hydroxylation is 1. The van der Waals surface area contributed by atoms with Gasteiger partial charge in [-0.1, -0.05) is 35.9 Å². The minimum atomic E-state index is -4.47. The molecule has 1 atom stereocenters. The summed E-state index contributed by atoms with van der Waals surface area (Å²) in [5.74, 6) is -2.30. The number of alkyl halides is 3. The van der Waals surface area contributed by atoms with Crippen molar-refractivity contribution in [2.75, 3.05) is 6.61 Å². The van der Waals surface area contributed by atoms with Crippen LogP contribution in [0.4, 0.5) is 13.2 Å². The van der Waals surface area contributed by atoms with Crippen LogP contribution in [0.3, 0.4) is 0 Å². The van der Waals surface area contributed by atoms with E-state index in [0.717, 1.165) is 11.6 Å². The molecule has 1 unspecified atom stereocenters. The number of hydrogen-bond acceptors (Lipinski definition) is 2. The first-order valence-corrected chi connectivity index (χ1v) is 9.70. The third kappa shape index (κ3) is 5.39. The van der Waals surface area contributed by atoms with E-state index in [0.29, 0.717) is 26.2 Å². The predicted octanol–water partition coefficient (Wildman–Crippen LogP) is 7.26. The number of rotatable bonds is 5. The van der Waals surface area contributed by atoms with Gasteiger partial charge in [-0.25, -0.2) is 4.79 Å². The van der Waals surface area contributed by atoms with Crippen molar-refractivity contribution in [1.29, 1.82) is 0 Å². The Morgan fingerprint density at radius 3 is 2.46 bits per heavy atom. The van der Waals surface area contributed by atoms with Crippen LogP contribution in [0.1, 0.15) is 45.5 Å². The summed E-state index contributed by atoms with van der Waals surface area (Å²) in [6.07, 6.45) is -2.00. The second-order valence-electron chi connectivity index (χ2n) is 6.28. The average molecular weight is 476 g/mol. The quantitative estimate of drug-likeness (QED) is 0.426. The normalized spacial score (nSPS) is 13.0. The number of ether oxygens (including phenoxy) is 1. The molecule has 0 saturated carbocycles. The van der Waals surface area contributed by atoms with Gasteiger partial charge in [-0.2, -0.15) is 13.2 Å². The van der Waals surface area contributed by atoms with Gasteiger partial charge in [0.05, 0.1) is 18.1 Å². The van der Waals surface area contributed by atoms with Gasteiger partial charge in [0.15, 0.2) is 0 Å². The SMILES string of the molecule is CCOC(=O)c1ccc(/C=C/C(c2cc(C)c(C)c(Cl)c2)C(F)(F)F)cc1Br. The third-order valence-corrected chi connectivity index (χ3v) is 5.36. The highest BCUT2D eigenvalue weighted by molar-refractivity contribution is 9.10. The van der Waals surface area contributed by atoms with Crippen LogP contribution in [0.5, 0.6) is 0 Å². The van der Waals surface area contributed by atoms with Crippen molar-refractivity contribution in [2.45, 2.75) is 32.9 Å². The summed E-state index contributed by atoms with van der Waals surface area (Å²) >= 11 is 9.34. The molecule has 2 aromatic rings. The van der Waals surface area contributed by atoms with Crippen molar-refractivity contribution in [3.63, 3.8) is 0 Å². The largest absolute Gasteiger partial charge is 0.462 e. The molecule has 2 rings (SSSR count). The fraction of sp³-hybridized carbons (Fsp3) is 0.286. The minimum Gasteiger partial charge on any atom is -0.462 e. The van der Waals surface area contributed by atoms with Gasteiger partial charge in [0.1, 0.15) is 0 Å². The van der Waals surface area contributed by atoms with E-state index in [2.05, 4.69) is 15.9 Å². The Balaban J connectivity index is 2.37. The molecule has 0 aliphatic carbocycles. The van der Waals surface area contributed by atoms with Crippen LogP contribution in [0.25, 0.3) is 6.08 Å². The predicted molar refractivity (Wildman–Crippen MR) is 109 cm³/mol. The van der Waals surface area contributed by atoms with Gasteiger partial charge in [-0.15, -0.1) is 0 Å². The number of hydrogen-bond donors (Lipinski definition) is 0. The van der Waals surface area contributed by atoms with Gasteiger partial charge in [0, 0.05) is 9.50 Å². The molecule has 0 saturated heterocycles. The second kappa shape index (κ2) is 9.14. The first-order chi connectivity index (χ1) is 13.0. The lowest BCUT2D eigenvalue weighted by Crippen LogP contribution is -2.19. The summed E-state index contributed by atoms with van der Waals surface area (Å²) < 4.78 is 46.3. The van der Waals surface area contributed by atoms with Crippen molar-refractivity contribution < 1.29 is 22.7 Å². The van der Waals surface area contributed by atoms with Crippen molar-refractivity contribution in [3.8, 4) is 0 Å². The lowest BCUT2D eigenvalue weighted by molar-refractivity contribution is -0.139. The van der Waals surface area contributed by atoms with Crippen LogP contribution in [0.2, 0.25) is 5.02 Å². The van der Waals surface area contributed by atoms with Crippen molar-refractivity contribution in [2.24, 2.45) is 0 Å². The zero-order chi connectivity index (χ0) is 21.1. The van der Waals surface area contributed by atoms with Crippen molar-refractivity contribution >= 4 is 39.6 Å². The highest BCUT2D eigenvalue weighted by atomic mass is 79.9. The number of halogens is 5. The van der Waals surface area contributed by atoms with Gasteiger partial charge in [0.2, 0.25) is 0 Å². The fourth-order valence-electron chi connectivity index (χ4n) is 2.65. The van der Waals surface area contributed by atoms with Crippen molar-refractivity contribution in [3.05, 3.63) is 73.7 Å². The van der Waals surface area contributed by atoms with Gasteiger partial charge in [0.25, 0.3) is 0 Å². The first kappa shape index (κ1) is 22.5. The van der Waals surface area contributed by atoms with Crippen LogP contribution in [0, 0.1) is 13.8 Å². The molecule has 28 heavy (non-hydrogen) atoms. The maximum Gasteiger partial charge on any atom is 0.399 e. The molecule has 7 heteroatoms. The molecule has 0 spiro atoms. The van der Waals surface area contributed by atoms with Crippen LogP contribution in [-0.4, -0.2) is 18.8 Å². The van der Waals surface area contributed by atoms with E-state index < -0.39 is 18.1 Å².